The van der Waals surface area contributed by atoms with Crippen molar-refractivity contribution >= 4 is 22.8 Å². The fourth-order valence-electron chi connectivity index (χ4n) is 4.59. The number of hydrogen-bond acceptors (Lipinski definition) is 6. The predicted octanol–water partition coefficient (Wildman–Crippen LogP) is 4.43. The maximum Gasteiger partial charge on any atom is 0.389 e. The van der Waals surface area contributed by atoms with E-state index >= 15 is 0 Å². The highest BCUT2D eigenvalue weighted by Crippen LogP contribution is 2.46. The minimum absolute atomic E-state index is 0.0329. The van der Waals surface area contributed by atoms with Crippen LogP contribution in [0.2, 0.25) is 0 Å². The highest BCUT2D eigenvalue weighted by atomic mass is 19.4. The van der Waals surface area contributed by atoms with Crippen LogP contribution in [0, 0.1) is 5.82 Å². The number of benzene rings is 1. The second-order valence-corrected chi connectivity index (χ2v) is 9.76. The van der Waals surface area contributed by atoms with E-state index < -0.39 is 48.1 Å². The molecule has 2 atom stereocenters. The van der Waals surface area contributed by atoms with Crippen molar-refractivity contribution in [1.82, 2.24) is 20.3 Å². The highest BCUT2D eigenvalue weighted by molar-refractivity contribution is 5.96. The summed E-state index contributed by atoms with van der Waals surface area (Å²) in [5.74, 6) is -3.03. The van der Waals surface area contributed by atoms with Crippen molar-refractivity contribution in [2.24, 2.45) is 5.73 Å². The van der Waals surface area contributed by atoms with Crippen LogP contribution in [-0.4, -0.2) is 46.1 Å². The molecule has 0 radical (unpaired) electrons. The van der Waals surface area contributed by atoms with Crippen molar-refractivity contribution in [3.05, 3.63) is 83.6 Å². The number of carbonyl (C=O) groups excluding carboxylic acids is 2. The summed E-state index contributed by atoms with van der Waals surface area (Å²) >= 11 is 0. The van der Waals surface area contributed by atoms with Crippen LogP contribution in [0.5, 0.6) is 5.75 Å². The molecule has 0 spiro atoms. The Hall–Kier alpha value is -4.61. The maximum atomic E-state index is 13.7. The summed E-state index contributed by atoms with van der Waals surface area (Å²) in [5.41, 5.74) is 5.64. The Balaban J connectivity index is 1.53. The molecule has 12 heteroatoms. The number of nitrogens with two attached hydrogens (primary N) is 1. The molecule has 0 saturated heterocycles. The standard InChI is InChI=1S/C28H23F4N5O3/c1-27(26(33)39)14-40-23-20(27)10-21(37-22(23)15-4-6-19(29)7-5-15)18(11-28(30,31)32)13-36-25(38)17-9-16-3-2-8-34-24(16)35-12-17/h2-10,12,18H,11,13-14H2,1H3,(H2,33,39)(H,36,38)/t18?,27-/m0/s1. The number of carbonyl (C=O) groups is 2. The smallest absolute Gasteiger partial charge is 0.389 e. The lowest BCUT2D eigenvalue weighted by Gasteiger charge is -2.23. The molecule has 1 aliphatic heterocycles. The minimum atomic E-state index is -4.61. The lowest BCUT2D eigenvalue weighted by atomic mass is 9.82. The van der Waals surface area contributed by atoms with Crippen LogP contribution in [0.1, 0.15) is 40.9 Å². The summed E-state index contributed by atoms with van der Waals surface area (Å²) in [5, 5.41) is 3.15. The Morgan fingerprint density at radius 1 is 1.15 bits per heavy atom. The third-order valence-electron chi connectivity index (χ3n) is 6.88. The molecule has 0 fully saturated rings. The number of alkyl halides is 3. The molecular weight excluding hydrogens is 530 g/mol. The van der Waals surface area contributed by atoms with Gasteiger partial charge in [0.05, 0.1) is 12.0 Å². The largest absolute Gasteiger partial charge is 0.489 e. The number of halogens is 4. The van der Waals surface area contributed by atoms with E-state index in [2.05, 4.69) is 20.3 Å². The zero-order valence-electron chi connectivity index (χ0n) is 21.1. The molecule has 3 aromatic heterocycles. The van der Waals surface area contributed by atoms with Gasteiger partial charge in [-0.15, -0.1) is 0 Å². The molecule has 1 aliphatic rings. The van der Waals surface area contributed by atoms with Gasteiger partial charge in [-0.25, -0.2) is 19.3 Å². The lowest BCUT2D eigenvalue weighted by Crippen LogP contribution is -2.40. The molecule has 206 valence electrons. The van der Waals surface area contributed by atoms with Crippen LogP contribution in [0.25, 0.3) is 22.3 Å². The Morgan fingerprint density at radius 2 is 1.90 bits per heavy atom. The zero-order chi connectivity index (χ0) is 28.7. The SMILES string of the molecule is C[C@]1(C(N)=O)COc2c1cc(C(CNC(=O)c1cnc3ncccc3c1)CC(F)(F)F)nc2-c1ccc(F)cc1. The van der Waals surface area contributed by atoms with Crippen molar-refractivity contribution in [3.8, 4) is 17.0 Å². The topological polar surface area (TPSA) is 120 Å². The molecular formula is C28H23F4N5O3. The van der Waals surface area contributed by atoms with Crippen molar-refractivity contribution in [3.63, 3.8) is 0 Å². The van der Waals surface area contributed by atoms with E-state index in [9.17, 15) is 27.2 Å². The number of nitrogens with zero attached hydrogens (tertiary/aromatic N) is 3. The third-order valence-corrected chi connectivity index (χ3v) is 6.88. The maximum absolute atomic E-state index is 13.7. The van der Waals surface area contributed by atoms with Crippen molar-refractivity contribution < 1.29 is 31.9 Å². The van der Waals surface area contributed by atoms with Crippen LogP contribution in [0.4, 0.5) is 17.6 Å². The third kappa shape index (κ3) is 5.29. The molecule has 3 N–H and O–H groups in total. The van der Waals surface area contributed by atoms with E-state index in [-0.39, 0.29) is 34.9 Å². The molecule has 1 aromatic carbocycles. The lowest BCUT2D eigenvalue weighted by molar-refractivity contribution is -0.138. The van der Waals surface area contributed by atoms with Crippen LogP contribution in [0.15, 0.2) is 60.9 Å². The second-order valence-electron chi connectivity index (χ2n) is 9.76. The molecule has 0 saturated carbocycles. The Morgan fingerprint density at radius 3 is 2.60 bits per heavy atom. The van der Waals surface area contributed by atoms with Gasteiger partial charge in [-0.3, -0.25) is 9.59 Å². The van der Waals surface area contributed by atoms with Gasteiger partial charge >= 0.3 is 6.18 Å². The predicted molar refractivity (Wildman–Crippen MR) is 137 cm³/mol. The Kier molecular flexibility index (Phi) is 6.86. The zero-order valence-corrected chi connectivity index (χ0v) is 21.1. The number of aromatic nitrogens is 3. The number of rotatable bonds is 7. The van der Waals surface area contributed by atoms with Crippen molar-refractivity contribution in [1.29, 1.82) is 0 Å². The second kappa shape index (κ2) is 10.2. The first-order valence-corrected chi connectivity index (χ1v) is 12.2. The van der Waals surface area contributed by atoms with Gasteiger partial charge in [-0.05, 0) is 55.5 Å². The summed E-state index contributed by atoms with van der Waals surface area (Å²) in [7, 11) is 0. The van der Waals surface area contributed by atoms with Gasteiger partial charge in [0.2, 0.25) is 5.91 Å². The molecule has 4 heterocycles. The van der Waals surface area contributed by atoms with Gasteiger partial charge in [0.25, 0.3) is 5.91 Å². The first-order valence-electron chi connectivity index (χ1n) is 12.2. The van der Waals surface area contributed by atoms with E-state index in [1.165, 1.54) is 43.5 Å². The first-order chi connectivity index (χ1) is 18.9. The average Bonchev–Trinajstić information content (AvgIpc) is 3.27. The van der Waals surface area contributed by atoms with Gasteiger partial charge in [0.15, 0.2) is 5.65 Å². The minimum Gasteiger partial charge on any atom is -0.489 e. The number of fused-ring (bicyclic) bond motifs is 2. The number of hydrogen-bond donors (Lipinski definition) is 2. The van der Waals surface area contributed by atoms with E-state index in [0.29, 0.717) is 16.6 Å². The summed E-state index contributed by atoms with van der Waals surface area (Å²) in [6.07, 6.45) is -3.07. The molecule has 0 bridgehead atoms. The van der Waals surface area contributed by atoms with Gasteiger partial charge in [-0.2, -0.15) is 13.2 Å². The van der Waals surface area contributed by atoms with Gasteiger partial charge in [0.1, 0.15) is 29.3 Å². The van der Waals surface area contributed by atoms with E-state index in [0.717, 1.165) is 0 Å². The van der Waals surface area contributed by atoms with E-state index in [1.807, 2.05) is 0 Å². The number of pyridine rings is 3. The Bertz CT molecular complexity index is 1610. The average molecular weight is 554 g/mol. The molecule has 1 unspecified atom stereocenters. The number of ether oxygens (including phenoxy) is 1. The summed E-state index contributed by atoms with van der Waals surface area (Å²) in [6, 6.07) is 11.5. The van der Waals surface area contributed by atoms with Crippen LogP contribution in [0.3, 0.4) is 0 Å². The summed E-state index contributed by atoms with van der Waals surface area (Å²) < 4.78 is 60.6. The Labute approximate surface area is 225 Å². The van der Waals surface area contributed by atoms with E-state index in [4.69, 9.17) is 10.5 Å². The fraction of sp³-hybridized carbons (Fsp3) is 0.250. The highest BCUT2D eigenvalue weighted by Gasteiger charge is 2.44. The van der Waals surface area contributed by atoms with Gasteiger partial charge in [0, 0.05) is 47.1 Å². The molecule has 4 aromatic rings. The van der Waals surface area contributed by atoms with Crippen LogP contribution >= 0.6 is 0 Å². The summed E-state index contributed by atoms with van der Waals surface area (Å²) in [6.45, 7) is 0.967. The first kappa shape index (κ1) is 27.0. The molecule has 40 heavy (non-hydrogen) atoms. The normalized spacial score (nSPS) is 17.2. The quantitative estimate of drug-likeness (QED) is 0.327. The van der Waals surface area contributed by atoms with Gasteiger partial charge in [-0.1, -0.05) is 0 Å². The molecule has 5 rings (SSSR count). The molecule has 0 aliphatic carbocycles. The van der Waals surface area contributed by atoms with Crippen LogP contribution in [-0.2, 0) is 10.2 Å². The van der Waals surface area contributed by atoms with E-state index in [1.54, 1.807) is 24.4 Å². The molecule has 8 nitrogen and oxygen atoms in total. The van der Waals surface area contributed by atoms with Crippen molar-refractivity contribution in [2.45, 2.75) is 30.9 Å². The number of amides is 2. The van der Waals surface area contributed by atoms with Crippen LogP contribution < -0.4 is 15.8 Å². The summed E-state index contributed by atoms with van der Waals surface area (Å²) in [4.78, 5) is 38.0. The van der Waals surface area contributed by atoms with Crippen molar-refractivity contribution in [2.75, 3.05) is 13.2 Å². The monoisotopic (exact) mass is 553 g/mol. The van der Waals surface area contributed by atoms with Gasteiger partial charge < -0.3 is 15.8 Å². The number of nitrogens with one attached hydrogen (secondary N) is 1. The number of primary amides is 1. The molecule has 2 amide bonds. The fourth-order valence-corrected chi connectivity index (χ4v) is 4.59.